The van der Waals surface area contributed by atoms with Crippen LogP contribution in [-0.4, -0.2) is 5.91 Å². The summed E-state index contributed by atoms with van der Waals surface area (Å²) < 4.78 is 0. The number of rotatable bonds is 5. The van der Waals surface area contributed by atoms with Crippen LogP contribution in [0.1, 0.15) is 24.1 Å². The third-order valence-electron chi connectivity index (χ3n) is 3.84. The van der Waals surface area contributed by atoms with Crippen molar-refractivity contribution in [2.45, 2.75) is 19.4 Å². The summed E-state index contributed by atoms with van der Waals surface area (Å²) in [5.74, 6) is 0.0584. The summed E-state index contributed by atoms with van der Waals surface area (Å²) in [6, 6.07) is 20.7. The molecule has 3 heteroatoms. The van der Waals surface area contributed by atoms with Crippen LogP contribution in [0.3, 0.4) is 0 Å². The molecule has 3 rings (SSSR count). The fourth-order valence-corrected chi connectivity index (χ4v) is 3.22. The van der Waals surface area contributed by atoms with Crippen LogP contribution in [0.15, 0.2) is 71.4 Å². The minimum absolute atomic E-state index is 0.00552. The first kappa shape index (κ1) is 15.5. The Morgan fingerprint density at radius 1 is 1.00 bits per heavy atom. The molecule has 0 radical (unpaired) electrons. The van der Waals surface area contributed by atoms with E-state index in [-0.39, 0.29) is 11.9 Å². The van der Waals surface area contributed by atoms with Crippen LogP contribution >= 0.6 is 11.3 Å². The molecule has 1 N–H and O–H groups in total. The Balaban J connectivity index is 1.63. The van der Waals surface area contributed by atoms with Crippen LogP contribution in [0.25, 0.3) is 11.1 Å². The summed E-state index contributed by atoms with van der Waals surface area (Å²) in [5, 5.41) is 7.07. The van der Waals surface area contributed by atoms with E-state index in [2.05, 4.69) is 41.7 Å². The van der Waals surface area contributed by atoms with E-state index in [9.17, 15) is 4.79 Å². The lowest BCUT2D eigenvalue weighted by molar-refractivity contribution is -0.121. The lowest BCUT2D eigenvalue weighted by Crippen LogP contribution is -2.27. The van der Waals surface area contributed by atoms with Crippen molar-refractivity contribution in [1.82, 2.24) is 5.32 Å². The second-order valence-corrected chi connectivity index (χ2v) is 6.37. The molecule has 0 aliphatic carbocycles. The molecule has 1 aromatic heterocycles. The van der Waals surface area contributed by atoms with Crippen molar-refractivity contribution in [3.05, 3.63) is 82.6 Å². The molecule has 0 saturated heterocycles. The minimum atomic E-state index is 0.00552. The lowest BCUT2D eigenvalue weighted by Gasteiger charge is -2.15. The average Bonchev–Trinajstić information content (AvgIpc) is 3.08. The van der Waals surface area contributed by atoms with Gasteiger partial charge in [0.25, 0.3) is 0 Å². The zero-order chi connectivity index (χ0) is 16.1. The quantitative estimate of drug-likeness (QED) is 0.716. The molecule has 0 fully saturated rings. The first-order valence-corrected chi connectivity index (χ1v) is 8.62. The number of nitrogens with one attached hydrogen (secondary N) is 1. The normalized spacial score (nSPS) is 11.9. The Morgan fingerprint density at radius 2 is 1.70 bits per heavy atom. The highest BCUT2D eigenvalue weighted by atomic mass is 32.1. The predicted molar refractivity (Wildman–Crippen MR) is 96.5 cm³/mol. The summed E-state index contributed by atoms with van der Waals surface area (Å²) in [7, 11) is 0. The Morgan fingerprint density at radius 3 is 2.35 bits per heavy atom. The highest BCUT2D eigenvalue weighted by Gasteiger charge is 2.10. The maximum absolute atomic E-state index is 12.1. The molecule has 23 heavy (non-hydrogen) atoms. The van der Waals surface area contributed by atoms with Crippen LogP contribution in [0, 0.1) is 0 Å². The molecule has 2 aromatic carbocycles. The Kier molecular flexibility index (Phi) is 4.89. The monoisotopic (exact) mass is 321 g/mol. The van der Waals surface area contributed by atoms with E-state index in [0.717, 1.165) is 11.1 Å². The molecule has 0 spiro atoms. The van der Waals surface area contributed by atoms with Crippen molar-refractivity contribution in [2.75, 3.05) is 0 Å². The summed E-state index contributed by atoms with van der Waals surface area (Å²) in [6.45, 7) is 2.02. The van der Waals surface area contributed by atoms with Gasteiger partial charge in [0, 0.05) is 0 Å². The fraction of sp³-hybridized carbons (Fsp3) is 0.150. The van der Waals surface area contributed by atoms with E-state index in [1.165, 1.54) is 11.1 Å². The smallest absolute Gasteiger partial charge is 0.224 e. The molecule has 2 nitrogen and oxygen atoms in total. The molecule has 3 aromatic rings. The second-order valence-electron chi connectivity index (χ2n) is 5.59. The van der Waals surface area contributed by atoms with Gasteiger partial charge in [0.2, 0.25) is 5.91 Å². The van der Waals surface area contributed by atoms with Crippen molar-refractivity contribution in [2.24, 2.45) is 0 Å². The van der Waals surface area contributed by atoms with Gasteiger partial charge < -0.3 is 5.32 Å². The van der Waals surface area contributed by atoms with E-state index in [0.29, 0.717) is 6.42 Å². The summed E-state index contributed by atoms with van der Waals surface area (Å²) in [6.07, 6.45) is 0.440. The Labute approximate surface area is 140 Å². The van der Waals surface area contributed by atoms with Crippen molar-refractivity contribution < 1.29 is 4.79 Å². The van der Waals surface area contributed by atoms with E-state index in [1.807, 2.05) is 41.9 Å². The van der Waals surface area contributed by atoms with Crippen LogP contribution in [0.5, 0.6) is 0 Å². The van der Waals surface area contributed by atoms with Gasteiger partial charge in [0.15, 0.2) is 0 Å². The maximum Gasteiger partial charge on any atom is 0.224 e. The van der Waals surface area contributed by atoms with Crippen LogP contribution in [-0.2, 0) is 11.2 Å². The predicted octanol–water partition coefficient (Wildman–Crippen LogP) is 4.84. The molecule has 0 aliphatic rings. The van der Waals surface area contributed by atoms with Crippen LogP contribution in [0.4, 0.5) is 0 Å². The third-order valence-corrected chi connectivity index (χ3v) is 4.57. The number of carbonyl (C=O) groups excluding carboxylic acids is 1. The van der Waals surface area contributed by atoms with E-state index in [4.69, 9.17) is 0 Å². The van der Waals surface area contributed by atoms with E-state index >= 15 is 0 Å². The molecule has 0 aliphatic heterocycles. The van der Waals surface area contributed by atoms with Crippen molar-refractivity contribution in [3.63, 3.8) is 0 Å². The largest absolute Gasteiger partial charge is 0.349 e. The first-order chi connectivity index (χ1) is 11.2. The summed E-state index contributed by atoms with van der Waals surface area (Å²) in [4.78, 5) is 12.1. The number of thiophene rings is 1. The van der Waals surface area contributed by atoms with Gasteiger partial charge in [0.1, 0.15) is 0 Å². The number of benzene rings is 2. The zero-order valence-corrected chi connectivity index (χ0v) is 13.8. The molecule has 1 amide bonds. The molecule has 1 unspecified atom stereocenters. The zero-order valence-electron chi connectivity index (χ0n) is 13.0. The van der Waals surface area contributed by atoms with Crippen molar-refractivity contribution >= 4 is 17.2 Å². The van der Waals surface area contributed by atoms with Gasteiger partial charge in [-0.05, 0) is 46.0 Å². The second kappa shape index (κ2) is 7.25. The lowest BCUT2D eigenvalue weighted by atomic mass is 10.0. The number of hydrogen-bond donors (Lipinski definition) is 1. The summed E-state index contributed by atoms with van der Waals surface area (Å²) in [5.41, 5.74) is 4.57. The third kappa shape index (κ3) is 4.08. The van der Waals surface area contributed by atoms with Crippen molar-refractivity contribution in [1.29, 1.82) is 0 Å². The average molecular weight is 321 g/mol. The van der Waals surface area contributed by atoms with Gasteiger partial charge in [-0.1, -0.05) is 54.6 Å². The molecule has 1 heterocycles. The van der Waals surface area contributed by atoms with Gasteiger partial charge in [-0.2, -0.15) is 11.3 Å². The Hall–Kier alpha value is -2.39. The number of hydrogen-bond acceptors (Lipinski definition) is 2. The van der Waals surface area contributed by atoms with E-state index < -0.39 is 0 Å². The SMILES string of the molecule is CC(NC(=O)Cc1ccsc1)c1ccc(-c2ccccc2)cc1. The van der Waals surface area contributed by atoms with Crippen LogP contribution in [0.2, 0.25) is 0 Å². The van der Waals surface area contributed by atoms with Gasteiger partial charge in [-0.25, -0.2) is 0 Å². The topological polar surface area (TPSA) is 29.1 Å². The van der Waals surface area contributed by atoms with Gasteiger partial charge in [0.05, 0.1) is 12.5 Å². The maximum atomic E-state index is 12.1. The molecule has 0 saturated carbocycles. The molecule has 116 valence electrons. The van der Waals surface area contributed by atoms with Gasteiger partial charge >= 0.3 is 0 Å². The number of carbonyl (C=O) groups is 1. The highest BCUT2D eigenvalue weighted by molar-refractivity contribution is 7.08. The van der Waals surface area contributed by atoms with Crippen LogP contribution < -0.4 is 5.32 Å². The van der Waals surface area contributed by atoms with E-state index in [1.54, 1.807) is 11.3 Å². The van der Waals surface area contributed by atoms with Gasteiger partial charge in [-0.3, -0.25) is 4.79 Å². The molecule has 1 atom stereocenters. The molecular weight excluding hydrogens is 302 g/mol. The molecule has 0 bridgehead atoms. The van der Waals surface area contributed by atoms with Gasteiger partial charge in [-0.15, -0.1) is 0 Å². The summed E-state index contributed by atoms with van der Waals surface area (Å²) >= 11 is 1.62. The highest BCUT2D eigenvalue weighted by Crippen LogP contribution is 2.21. The standard InChI is InChI=1S/C20H19NOS/c1-15(21-20(22)13-16-11-12-23-14-16)17-7-9-19(10-8-17)18-5-3-2-4-6-18/h2-12,14-15H,13H2,1H3,(H,21,22). The Bertz CT molecular complexity index is 748. The minimum Gasteiger partial charge on any atom is -0.349 e. The molecular formula is C20H19NOS. The fourth-order valence-electron chi connectivity index (χ4n) is 2.55. The van der Waals surface area contributed by atoms with Crippen molar-refractivity contribution in [3.8, 4) is 11.1 Å². The number of amides is 1. The first-order valence-electron chi connectivity index (χ1n) is 7.68.